The van der Waals surface area contributed by atoms with Crippen LogP contribution in [0, 0.1) is 0 Å². The highest BCUT2D eigenvalue weighted by atomic mass is 32.2. The summed E-state index contributed by atoms with van der Waals surface area (Å²) in [7, 11) is 1.60. The highest BCUT2D eigenvalue weighted by Crippen LogP contribution is 2.21. The first-order valence-corrected chi connectivity index (χ1v) is 7.09. The van der Waals surface area contributed by atoms with Crippen molar-refractivity contribution < 1.29 is 19.4 Å². The average molecular weight is 274 g/mol. The van der Waals surface area contributed by atoms with Gasteiger partial charge in [0.15, 0.2) is 0 Å². The predicted molar refractivity (Wildman–Crippen MR) is 67.0 cm³/mol. The van der Waals surface area contributed by atoms with E-state index in [1.54, 1.807) is 16.9 Å². The maximum Gasteiger partial charge on any atom is 0.242 e. The van der Waals surface area contributed by atoms with E-state index in [4.69, 9.17) is 4.74 Å². The van der Waals surface area contributed by atoms with E-state index in [1.165, 1.54) is 11.8 Å². The second kappa shape index (κ2) is 5.90. The van der Waals surface area contributed by atoms with E-state index in [9.17, 15) is 14.7 Å². The van der Waals surface area contributed by atoms with Crippen molar-refractivity contribution in [3.05, 3.63) is 0 Å². The molecule has 0 aliphatic carbocycles. The highest BCUT2D eigenvalue weighted by molar-refractivity contribution is 8.00. The molecule has 6 nitrogen and oxygen atoms in total. The molecule has 2 saturated heterocycles. The van der Waals surface area contributed by atoms with E-state index < -0.39 is 0 Å². The fraction of sp³-hybridized carbons (Fsp3) is 0.818. The highest BCUT2D eigenvalue weighted by Gasteiger charge is 2.36. The van der Waals surface area contributed by atoms with Gasteiger partial charge in [0.05, 0.1) is 30.4 Å². The number of amides is 2. The minimum Gasteiger partial charge on any atom is -0.394 e. The van der Waals surface area contributed by atoms with Crippen LogP contribution >= 0.6 is 11.8 Å². The number of aliphatic hydroxyl groups is 1. The number of thioether (sulfide) groups is 1. The van der Waals surface area contributed by atoms with Crippen LogP contribution in [0.4, 0.5) is 0 Å². The minimum absolute atomic E-state index is 0.0105. The van der Waals surface area contributed by atoms with Crippen molar-refractivity contribution in [2.24, 2.45) is 0 Å². The Morgan fingerprint density at radius 2 is 2.39 bits per heavy atom. The van der Waals surface area contributed by atoms with E-state index >= 15 is 0 Å². The van der Waals surface area contributed by atoms with Gasteiger partial charge in [-0.2, -0.15) is 0 Å². The summed E-state index contributed by atoms with van der Waals surface area (Å²) in [5.74, 6) is 0.939. The molecule has 0 spiro atoms. The van der Waals surface area contributed by atoms with Gasteiger partial charge in [-0.1, -0.05) is 0 Å². The molecule has 0 bridgehead atoms. The van der Waals surface area contributed by atoms with Crippen LogP contribution in [0.25, 0.3) is 0 Å². The largest absolute Gasteiger partial charge is 0.394 e. The van der Waals surface area contributed by atoms with Crippen molar-refractivity contribution in [2.45, 2.75) is 18.6 Å². The number of carbonyl (C=O) groups excluding carboxylic acids is 2. The van der Waals surface area contributed by atoms with Crippen LogP contribution in [0.2, 0.25) is 0 Å². The first-order chi connectivity index (χ1) is 8.65. The van der Waals surface area contributed by atoms with Gasteiger partial charge in [-0.3, -0.25) is 9.59 Å². The summed E-state index contributed by atoms with van der Waals surface area (Å²) in [6.45, 7) is 0.544. The Balaban J connectivity index is 1.93. The summed E-state index contributed by atoms with van der Waals surface area (Å²) in [5, 5.41) is 9.28. The molecule has 2 amide bonds. The lowest BCUT2D eigenvalue weighted by Gasteiger charge is -2.25. The minimum atomic E-state index is -0.187. The number of nitrogens with zero attached hydrogens (tertiary/aromatic N) is 2. The molecule has 2 aliphatic heterocycles. The molecule has 7 heteroatoms. The molecule has 102 valence electrons. The Morgan fingerprint density at radius 1 is 1.61 bits per heavy atom. The molecule has 0 unspecified atom stereocenters. The Bertz CT molecular complexity index is 339. The Morgan fingerprint density at radius 3 is 2.94 bits per heavy atom. The molecule has 2 heterocycles. The predicted octanol–water partition coefficient (Wildman–Crippen LogP) is -0.872. The monoisotopic (exact) mass is 274 g/mol. The summed E-state index contributed by atoms with van der Waals surface area (Å²) in [4.78, 5) is 26.8. The van der Waals surface area contributed by atoms with E-state index in [-0.39, 0.29) is 37.1 Å². The number of carbonyl (C=O) groups is 2. The number of rotatable bonds is 4. The summed E-state index contributed by atoms with van der Waals surface area (Å²) < 4.78 is 5.23. The number of methoxy groups -OCH3 is 1. The molecule has 2 fully saturated rings. The van der Waals surface area contributed by atoms with Crippen molar-refractivity contribution in [2.75, 3.05) is 38.4 Å². The lowest BCUT2D eigenvalue weighted by molar-refractivity contribution is -0.139. The van der Waals surface area contributed by atoms with Gasteiger partial charge >= 0.3 is 0 Å². The number of hydrogen-bond donors (Lipinski definition) is 1. The van der Waals surface area contributed by atoms with Gasteiger partial charge in [-0.05, 0) is 6.42 Å². The van der Waals surface area contributed by atoms with Crippen molar-refractivity contribution in [1.82, 2.24) is 9.80 Å². The van der Waals surface area contributed by atoms with Crippen LogP contribution in [0.5, 0.6) is 0 Å². The lowest BCUT2D eigenvalue weighted by Crippen LogP contribution is -2.44. The molecule has 1 N–H and O–H groups in total. The topological polar surface area (TPSA) is 70.1 Å². The summed E-state index contributed by atoms with van der Waals surface area (Å²) in [5.41, 5.74) is 0. The number of ether oxygens (including phenoxy) is 1. The van der Waals surface area contributed by atoms with Crippen molar-refractivity contribution in [3.63, 3.8) is 0 Å². The fourth-order valence-corrected chi connectivity index (χ4v) is 3.22. The Hall–Kier alpha value is -0.790. The van der Waals surface area contributed by atoms with Gasteiger partial charge < -0.3 is 19.6 Å². The number of aliphatic hydroxyl groups excluding tert-OH is 1. The second-order valence-corrected chi connectivity index (χ2v) is 5.50. The van der Waals surface area contributed by atoms with E-state index in [2.05, 4.69) is 0 Å². The maximum absolute atomic E-state index is 12.1. The lowest BCUT2D eigenvalue weighted by atomic mass is 10.2. The number of hydrogen-bond acceptors (Lipinski definition) is 5. The van der Waals surface area contributed by atoms with Crippen LogP contribution < -0.4 is 0 Å². The second-order valence-electron chi connectivity index (χ2n) is 4.55. The van der Waals surface area contributed by atoms with Crippen LogP contribution in [0.1, 0.15) is 6.42 Å². The third-order valence-electron chi connectivity index (χ3n) is 3.39. The average Bonchev–Trinajstić information content (AvgIpc) is 2.96. The molecule has 2 aliphatic rings. The molecule has 0 aromatic carbocycles. The Kier molecular flexibility index (Phi) is 4.47. The van der Waals surface area contributed by atoms with E-state index in [0.717, 1.165) is 0 Å². The van der Waals surface area contributed by atoms with Gasteiger partial charge in [0.2, 0.25) is 11.8 Å². The third kappa shape index (κ3) is 2.78. The van der Waals surface area contributed by atoms with Crippen LogP contribution in [-0.4, -0.2) is 77.3 Å². The molecule has 0 saturated carbocycles. The first kappa shape index (κ1) is 13.6. The van der Waals surface area contributed by atoms with Gasteiger partial charge in [-0.25, -0.2) is 0 Å². The fourth-order valence-electron chi connectivity index (χ4n) is 2.32. The molecular weight excluding hydrogens is 256 g/mol. The molecular formula is C11H18N2O4S. The zero-order valence-electron chi connectivity index (χ0n) is 10.4. The SMILES string of the molecule is CO[C@@H]1C[C@@H](CO)N(C(=O)CN2CSCC2=O)C1. The van der Waals surface area contributed by atoms with Crippen molar-refractivity contribution >= 4 is 23.6 Å². The van der Waals surface area contributed by atoms with Gasteiger partial charge in [0.25, 0.3) is 0 Å². The third-order valence-corrected chi connectivity index (χ3v) is 4.34. The molecule has 18 heavy (non-hydrogen) atoms. The molecule has 2 rings (SSSR count). The Labute approximate surface area is 110 Å². The number of likely N-dealkylation sites (tertiary alicyclic amines) is 1. The molecule has 0 aromatic rings. The standard InChI is InChI=1S/C11H18N2O4S/c1-17-9-2-8(5-14)13(3-9)10(15)4-12-7-18-6-11(12)16/h8-9,14H,2-7H2,1H3/t8-,9+/m0/s1. The zero-order valence-corrected chi connectivity index (χ0v) is 11.2. The quantitative estimate of drug-likeness (QED) is 0.721. The van der Waals surface area contributed by atoms with Crippen molar-refractivity contribution in [3.8, 4) is 0 Å². The first-order valence-electron chi connectivity index (χ1n) is 5.94. The summed E-state index contributed by atoms with van der Waals surface area (Å²) in [6.07, 6.45) is 0.635. The van der Waals surface area contributed by atoms with Crippen LogP contribution in [0.3, 0.4) is 0 Å². The van der Waals surface area contributed by atoms with Gasteiger partial charge in [0, 0.05) is 13.7 Å². The molecule has 0 radical (unpaired) electrons. The molecule has 0 aromatic heterocycles. The smallest absolute Gasteiger partial charge is 0.242 e. The zero-order chi connectivity index (χ0) is 13.1. The summed E-state index contributed by atoms with van der Waals surface area (Å²) in [6, 6.07) is -0.187. The van der Waals surface area contributed by atoms with Crippen LogP contribution in [-0.2, 0) is 14.3 Å². The van der Waals surface area contributed by atoms with Crippen molar-refractivity contribution in [1.29, 1.82) is 0 Å². The normalized spacial score (nSPS) is 28.2. The molecule has 2 atom stereocenters. The maximum atomic E-state index is 12.1. The van der Waals surface area contributed by atoms with Gasteiger partial charge in [-0.15, -0.1) is 11.8 Å². The van der Waals surface area contributed by atoms with E-state index in [1.807, 2.05) is 0 Å². The summed E-state index contributed by atoms with van der Waals surface area (Å²) >= 11 is 1.52. The van der Waals surface area contributed by atoms with E-state index in [0.29, 0.717) is 24.6 Å². The van der Waals surface area contributed by atoms with Gasteiger partial charge in [0.1, 0.15) is 6.54 Å². The van der Waals surface area contributed by atoms with Crippen LogP contribution in [0.15, 0.2) is 0 Å².